The second-order valence-electron chi connectivity index (χ2n) is 13.3. The molecule has 4 atom stereocenters. The average molecular weight is 599 g/mol. The van der Waals surface area contributed by atoms with Crippen molar-refractivity contribution in [2.45, 2.75) is 54.4 Å². The van der Waals surface area contributed by atoms with Crippen molar-refractivity contribution in [2.24, 2.45) is 29.1 Å². The van der Waals surface area contributed by atoms with Gasteiger partial charge in [0, 0.05) is 49.3 Å². The van der Waals surface area contributed by atoms with Crippen LogP contribution in [-0.2, 0) is 9.31 Å². The van der Waals surface area contributed by atoms with Gasteiger partial charge in [0.25, 0.3) is 0 Å². The van der Waals surface area contributed by atoms with E-state index in [0.717, 1.165) is 65.0 Å². The molecule has 39 heavy (non-hydrogen) atoms. The molecule has 3 saturated heterocycles. The molecule has 3 aliphatic heterocycles. The highest BCUT2D eigenvalue weighted by Crippen LogP contribution is 2.32. The van der Waals surface area contributed by atoms with Gasteiger partial charge in [-0.25, -0.2) is 0 Å². The second-order valence-corrected chi connectivity index (χ2v) is 14.3. The summed E-state index contributed by atoms with van der Waals surface area (Å²) in [6.45, 7) is 19.4. The molecule has 2 aromatic carbocycles. The molecule has 0 radical (unpaired) electrons. The Labute approximate surface area is 245 Å². The molecule has 3 heterocycles. The van der Waals surface area contributed by atoms with Crippen molar-refractivity contribution in [3.05, 3.63) is 40.9 Å². The van der Waals surface area contributed by atoms with Crippen molar-refractivity contribution in [3.8, 4) is 0 Å². The number of nitrogens with zero attached hydrogens (tertiary/aromatic N) is 2. The molecule has 214 valence electrons. The predicted octanol–water partition coefficient (Wildman–Crippen LogP) is 6.03. The molecule has 3 fully saturated rings. The molecule has 5 rings (SSSR count). The summed E-state index contributed by atoms with van der Waals surface area (Å²) in [5, 5.41) is 0. The van der Waals surface area contributed by atoms with Crippen LogP contribution in [0.4, 0.5) is 22.7 Å². The minimum atomic E-state index is -0.293. The first-order chi connectivity index (χ1) is 18.4. The van der Waals surface area contributed by atoms with Crippen LogP contribution < -0.4 is 26.7 Å². The minimum Gasteiger partial charge on any atom is -0.407 e. The SMILES string of the molecule is CC1CC(C)CN(c2ccc(B3OCC(C)(C)CO3)cc2N)C1.CC1CC(C)CN(c2ccc(Br)cc2N)C1. The molecular formula is C31H48BBrN4O2. The Bertz CT molecular complexity index is 1090. The lowest BCUT2D eigenvalue weighted by Crippen LogP contribution is -2.47. The van der Waals surface area contributed by atoms with Crippen LogP contribution in [-0.4, -0.2) is 46.5 Å². The first-order valence-corrected chi connectivity index (χ1v) is 15.4. The summed E-state index contributed by atoms with van der Waals surface area (Å²) in [6, 6.07) is 12.4. The third-order valence-corrected chi connectivity index (χ3v) is 8.48. The quantitative estimate of drug-likeness (QED) is 0.332. The number of hydrogen-bond acceptors (Lipinski definition) is 6. The summed E-state index contributed by atoms with van der Waals surface area (Å²) in [4.78, 5) is 4.84. The van der Waals surface area contributed by atoms with Gasteiger partial charge in [-0.3, -0.25) is 0 Å². The van der Waals surface area contributed by atoms with E-state index >= 15 is 0 Å². The molecule has 0 aromatic heterocycles. The van der Waals surface area contributed by atoms with E-state index in [1.54, 1.807) is 0 Å². The highest BCUT2D eigenvalue weighted by atomic mass is 79.9. The Morgan fingerprint density at radius 1 is 0.744 bits per heavy atom. The van der Waals surface area contributed by atoms with E-state index in [4.69, 9.17) is 20.8 Å². The Morgan fingerprint density at radius 2 is 1.18 bits per heavy atom. The smallest absolute Gasteiger partial charge is 0.407 e. The van der Waals surface area contributed by atoms with E-state index < -0.39 is 0 Å². The van der Waals surface area contributed by atoms with Gasteiger partial charge in [-0.15, -0.1) is 0 Å². The van der Waals surface area contributed by atoms with Crippen molar-refractivity contribution in [3.63, 3.8) is 0 Å². The summed E-state index contributed by atoms with van der Waals surface area (Å²) < 4.78 is 12.8. The van der Waals surface area contributed by atoms with Crippen molar-refractivity contribution < 1.29 is 9.31 Å². The zero-order valence-electron chi connectivity index (χ0n) is 24.8. The number of rotatable bonds is 3. The molecule has 3 aliphatic rings. The fourth-order valence-corrected chi connectivity index (χ4v) is 6.80. The maximum Gasteiger partial charge on any atom is 0.493 e. The fourth-order valence-electron chi connectivity index (χ4n) is 6.43. The van der Waals surface area contributed by atoms with Crippen molar-refractivity contribution in [1.82, 2.24) is 0 Å². The van der Waals surface area contributed by atoms with E-state index in [1.165, 1.54) is 18.5 Å². The molecule has 8 heteroatoms. The number of nitrogen functional groups attached to an aromatic ring is 2. The van der Waals surface area contributed by atoms with Crippen molar-refractivity contribution >= 4 is 51.3 Å². The highest BCUT2D eigenvalue weighted by molar-refractivity contribution is 9.10. The van der Waals surface area contributed by atoms with Gasteiger partial charge in [-0.1, -0.05) is 63.5 Å². The molecular weight excluding hydrogens is 551 g/mol. The zero-order chi connectivity index (χ0) is 28.3. The topological polar surface area (TPSA) is 77.0 Å². The molecule has 4 unspecified atom stereocenters. The van der Waals surface area contributed by atoms with Crippen LogP contribution in [0.5, 0.6) is 0 Å². The number of nitrogens with two attached hydrogens (primary N) is 2. The Morgan fingerprint density at radius 3 is 1.62 bits per heavy atom. The Hall–Kier alpha value is -1.90. The third kappa shape index (κ3) is 8.08. The van der Waals surface area contributed by atoms with Crippen LogP contribution in [0.15, 0.2) is 40.9 Å². The molecule has 0 spiro atoms. The van der Waals surface area contributed by atoms with Gasteiger partial charge >= 0.3 is 7.12 Å². The Balaban J connectivity index is 0.000000193. The second kappa shape index (κ2) is 12.7. The van der Waals surface area contributed by atoms with E-state index in [2.05, 4.69) is 91.5 Å². The standard InChI is InChI=1S/C18H29BN2O2.C13H19BrN2/c1-13-7-14(2)10-21(9-13)17-6-5-15(8-16(17)20)19-22-11-18(3,4)12-23-19;1-9-5-10(2)8-16(7-9)13-4-3-11(14)6-12(13)15/h5-6,8,13-14H,7,9-12,20H2,1-4H3;3-4,6,9-10H,5,7-8,15H2,1-2H3. The third-order valence-electron chi connectivity index (χ3n) is 7.98. The van der Waals surface area contributed by atoms with Crippen LogP contribution in [0.2, 0.25) is 0 Å². The van der Waals surface area contributed by atoms with Crippen LogP contribution in [0.1, 0.15) is 54.4 Å². The van der Waals surface area contributed by atoms with Crippen molar-refractivity contribution in [2.75, 3.05) is 60.7 Å². The largest absolute Gasteiger partial charge is 0.493 e. The van der Waals surface area contributed by atoms with Gasteiger partial charge in [0.15, 0.2) is 0 Å². The Kier molecular flexibility index (Phi) is 9.82. The molecule has 4 N–H and O–H groups in total. The van der Waals surface area contributed by atoms with E-state index in [9.17, 15) is 0 Å². The van der Waals surface area contributed by atoms with E-state index in [-0.39, 0.29) is 12.5 Å². The van der Waals surface area contributed by atoms with Gasteiger partial charge in [-0.2, -0.15) is 0 Å². The number of piperidine rings is 2. The summed E-state index contributed by atoms with van der Waals surface area (Å²) in [5.74, 6) is 2.94. The maximum atomic E-state index is 6.35. The zero-order valence-corrected chi connectivity index (χ0v) is 26.3. The molecule has 0 amide bonds. The summed E-state index contributed by atoms with van der Waals surface area (Å²) in [7, 11) is -0.293. The van der Waals surface area contributed by atoms with E-state index in [0.29, 0.717) is 25.0 Å². The highest BCUT2D eigenvalue weighted by Gasteiger charge is 2.34. The number of halogens is 1. The minimum absolute atomic E-state index is 0.0854. The lowest BCUT2D eigenvalue weighted by molar-refractivity contribution is 0.0343. The fraction of sp³-hybridized carbons (Fsp3) is 0.613. The summed E-state index contributed by atoms with van der Waals surface area (Å²) >= 11 is 3.45. The van der Waals surface area contributed by atoms with Crippen LogP contribution in [0.3, 0.4) is 0 Å². The molecule has 0 bridgehead atoms. The van der Waals surface area contributed by atoms with Crippen LogP contribution in [0, 0.1) is 29.1 Å². The average Bonchev–Trinajstić information content (AvgIpc) is 2.83. The van der Waals surface area contributed by atoms with Crippen LogP contribution >= 0.6 is 15.9 Å². The summed E-state index contributed by atoms with van der Waals surface area (Å²) in [5.41, 5.74) is 17.5. The van der Waals surface area contributed by atoms with Gasteiger partial charge < -0.3 is 30.6 Å². The molecule has 0 saturated carbocycles. The van der Waals surface area contributed by atoms with Crippen LogP contribution in [0.25, 0.3) is 0 Å². The lowest BCUT2D eigenvalue weighted by atomic mass is 9.75. The summed E-state index contributed by atoms with van der Waals surface area (Å²) in [6.07, 6.45) is 2.63. The monoisotopic (exact) mass is 598 g/mol. The molecule has 0 aliphatic carbocycles. The molecule has 6 nitrogen and oxygen atoms in total. The first-order valence-electron chi connectivity index (χ1n) is 14.6. The number of benzene rings is 2. The maximum absolute atomic E-state index is 6.35. The van der Waals surface area contributed by atoms with Gasteiger partial charge in [-0.05, 0) is 72.3 Å². The van der Waals surface area contributed by atoms with Gasteiger partial charge in [0.05, 0.1) is 22.7 Å². The molecule has 2 aromatic rings. The van der Waals surface area contributed by atoms with Gasteiger partial charge in [0.1, 0.15) is 0 Å². The first kappa shape index (κ1) is 30.1. The van der Waals surface area contributed by atoms with E-state index in [1.807, 2.05) is 12.1 Å². The lowest BCUT2D eigenvalue weighted by Gasteiger charge is -2.37. The van der Waals surface area contributed by atoms with Crippen molar-refractivity contribution in [1.29, 1.82) is 0 Å². The number of hydrogen-bond donors (Lipinski definition) is 2. The van der Waals surface area contributed by atoms with Gasteiger partial charge in [0.2, 0.25) is 0 Å². The normalized spacial score (nSPS) is 27.1. The number of anilines is 4. The predicted molar refractivity (Wildman–Crippen MR) is 171 cm³/mol.